The summed E-state index contributed by atoms with van der Waals surface area (Å²) in [7, 11) is 1.93. The lowest BCUT2D eigenvalue weighted by molar-refractivity contribution is 0.0949. The molecule has 0 saturated heterocycles. The fourth-order valence-corrected chi connectivity index (χ4v) is 5.07. The molecule has 166 valence electrons. The number of para-hydroxylation sites is 1. The minimum Gasteiger partial charge on any atom is -0.351 e. The largest absolute Gasteiger partial charge is 0.351 e. The highest BCUT2D eigenvalue weighted by Gasteiger charge is 2.24. The summed E-state index contributed by atoms with van der Waals surface area (Å²) < 4.78 is 3.80. The quantitative estimate of drug-likeness (QED) is 0.624. The first-order valence-electron chi connectivity index (χ1n) is 11.7. The van der Waals surface area contributed by atoms with E-state index >= 15 is 0 Å². The number of carbonyl (C=O) groups is 1. The zero-order valence-electron chi connectivity index (χ0n) is 19.0. The van der Waals surface area contributed by atoms with Gasteiger partial charge in [-0.1, -0.05) is 51.3 Å². The normalized spacial score (nSPS) is 15.2. The van der Waals surface area contributed by atoms with Gasteiger partial charge in [-0.15, -0.1) is 0 Å². The second-order valence-corrected chi connectivity index (χ2v) is 8.63. The van der Waals surface area contributed by atoms with Crippen molar-refractivity contribution in [3.8, 4) is 0 Å². The van der Waals surface area contributed by atoms with Gasteiger partial charge in [0.05, 0.1) is 5.56 Å². The van der Waals surface area contributed by atoms with Gasteiger partial charge in [0, 0.05) is 48.7 Å². The van der Waals surface area contributed by atoms with Crippen molar-refractivity contribution in [2.45, 2.75) is 52.0 Å². The molecule has 3 aromatic rings. The standard InChI is InChI=1S/C25H34N4O2/c1-4-28(5-2)16-15-26-24(30)20-17-29(18-11-7-6-8-12-18)25(31)23-22(20)19-13-9-10-14-21(19)27(23)3/h9-10,13-14,17-18H,4-8,11-12,15-16H2,1-3H3,(H,26,30). The summed E-state index contributed by atoms with van der Waals surface area (Å²) in [5.74, 6) is -0.0990. The van der Waals surface area contributed by atoms with Gasteiger partial charge in [0.25, 0.3) is 11.5 Å². The Labute approximate surface area is 183 Å². The van der Waals surface area contributed by atoms with E-state index in [9.17, 15) is 9.59 Å². The Morgan fingerprint density at radius 3 is 2.55 bits per heavy atom. The van der Waals surface area contributed by atoms with Crippen molar-refractivity contribution in [3.63, 3.8) is 0 Å². The number of fused-ring (bicyclic) bond motifs is 3. The maximum absolute atomic E-state index is 13.6. The van der Waals surface area contributed by atoms with Crippen molar-refractivity contribution in [1.29, 1.82) is 0 Å². The highest BCUT2D eigenvalue weighted by Crippen LogP contribution is 2.32. The first kappa shape index (κ1) is 21.6. The van der Waals surface area contributed by atoms with Gasteiger partial charge in [-0.2, -0.15) is 0 Å². The van der Waals surface area contributed by atoms with Gasteiger partial charge >= 0.3 is 0 Å². The van der Waals surface area contributed by atoms with E-state index in [0.717, 1.165) is 61.6 Å². The summed E-state index contributed by atoms with van der Waals surface area (Å²) in [5, 5.41) is 4.84. The van der Waals surface area contributed by atoms with Crippen LogP contribution in [0.5, 0.6) is 0 Å². The van der Waals surface area contributed by atoms with E-state index < -0.39 is 0 Å². The molecule has 4 rings (SSSR count). The number of amides is 1. The van der Waals surface area contributed by atoms with Gasteiger partial charge in [-0.25, -0.2) is 0 Å². The van der Waals surface area contributed by atoms with Gasteiger partial charge in [0.2, 0.25) is 0 Å². The predicted octanol–water partition coefficient (Wildman–Crippen LogP) is 4.07. The summed E-state index contributed by atoms with van der Waals surface area (Å²) in [6.45, 7) is 7.60. The lowest BCUT2D eigenvalue weighted by Gasteiger charge is -2.25. The Kier molecular flexibility index (Phi) is 6.46. The summed E-state index contributed by atoms with van der Waals surface area (Å²) in [6.07, 6.45) is 7.32. The summed E-state index contributed by atoms with van der Waals surface area (Å²) in [5.41, 5.74) is 2.23. The van der Waals surface area contributed by atoms with Crippen molar-refractivity contribution in [2.75, 3.05) is 26.2 Å². The lowest BCUT2D eigenvalue weighted by atomic mass is 9.95. The van der Waals surface area contributed by atoms with Gasteiger partial charge in [-0.05, 0) is 32.0 Å². The average molecular weight is 423 g/mol. The maximum Gasteiger partial charge on any atom is 0.275 e. The summed E-state index contributed by atoms with van der Waals surface area (Å²) in [6, 6.07) is 8.14. The number of aryl methyl sites for hydroxylation is 1. The number of benzene rings is 1. The number of likely N-dealkylation sites (N-methyl/N-ethyl adjacent to an activating group) is 1. The summed E-state index contributed by atoms with van der Waals surface area (Å²) >= 11 is 0. The monoisotopic (exact) mass is 422 g/mol. The highest BCUT2D eigenvalue weighted by atomic mass is 16.2. The van der Waals surface area contributed by atoms with Crippen LogP contribution in [-0.4, -0.2) is 46.1 Å². The van der Waals surface area contributed by atoms with Gasteiger partial charge < -0.3 is 19.4 Å². The minimum absolute atomic E-state index is 0.0142. The van der Waals surface area contributed by atoms with Crippen LogP contribution in [0.3, 0.4) is 0 Å². The SMILES string of the molecule is CCN(CC)CCNC(=O)c1cn(C2CCCCC2)c(=O)c2c1c1ccccc1n2C. The first-order valence-corrected chi connectivity index (χ1v) is 11.7. The summed E-state index contributed by atoms with van der Waals surface area (Å²) in [4.78, 5) is 29.2. The molecule has 0 spiro atoms. The maximum atomic E-state index is 13.6. The molecule has 1 N–H and O–H groups in total. The van der Waals surface area contributed by atoms with E-state index in [1.165, 1.54) is 6.42 Å². The Bertz CT molecular complexity index is 1130. The molecule has 1 aromatic carbocycles. The second kappa shape index (κ2) is 9.27. The van der Waals surface area contributed by atoms with Crippen LogP contribution in [0.2, 0.25) is 0 Å². The Morgan fingerprint density at radius 2 is 1.84 bits per heavy atom. The third-order valence-electron chi connectivity index (χ3n) is 6.90. The van der Waals surface area contributed by atoms with Crippen LogP contribution in [0, 0.1) is 0 Å². The molecular weight excluding hydrogens is 388 g/mol. The van der Waals surface area contributed by atoms with E-state index in [0.29, 0.717) is 17.6 Å². The fourth-order valence-electron chi connectivity index (χ4n) is 5.07. The van der Waals surface area contributed by atoms with Crippen molar-refractivity contribution < 1.29 is 4.79 Å². The van der Waals surface area contributed by atoms with E-state index in [4.69, 9.17) is 0 Å². The van der Waals surface area contributed by atoms with Crippen LogP contribution in [0.15, 0.2) is 35.3 Å². The molecule has 1 amide bonds. The zero-order chi connectivity index (χ0) is 22.0. The number of hydrogen-bond acceptors (Lipinski definition) is 3. The molecule has 1 saturated carbocycles. The van der Waals surface area contributed by atoms with Crippen LogP contribution in [-0.2, 0) is 7.05 Å². The lowest BCUT2D eigenvalue weighted by Crippen LogP contribution is -2.36. The Hall–Kier alpha value is -2.60. The number of aromatic nitrogens is 2. The molecule has 1 fully saturated rings. The van der Waals surface area contributed by atoms with Crippen LogP contribution in [0.4, 0.5) is 0 Å². The second-order valence-electron chi connectivity index (χ2n) is 8.63. The molecule has 2 aromatic heterocycles. The third-order valence-corrected chi connectivity index (χ3v) is 6.90. The predicted molar refractivity (Wildman–Crippen MR) is 127 cm³/mol. The topological polar surface area (TPSA) is 59.3 Å². The number of nitrogens with zero attached hydrogens (tertiary/aromatic N) is 3. The Morgan fingerprint density at radius 1 is 1.13 bits per heavy atom. The molecule has 0 radical (unpaired) electrons. The molecule has 6 heteroatoms. The number of rotatable bonds is 7. The van der Waals surface area contributed by atoms with Crippen LogP contribution >= 0.6 is 0 Å². The fraction of sp³-hybridized carbons (Fsp3) is 0.520. The number of hydrogen-bond donors (Lipinski definition) is 1. The van der Waals surface area contributed by atoms with Crippen molar-refractivity contribution in [3.05, 3.63) is 46.4 Å². The number of pyridine rings is 1. The first-order chi connectivity index (χ1) is 15.1. The molecular formula is C25H34N4O2. The van der Waals surface area contributed by atoms with Crippen LogP contribution < -0.4 is 10.9 Å². The van der Waals surface area contributed by atoms with E-state index in [-0.39, 0.29) is 17.5 Å². The number of carbonyl (C=O) groups excluding carboxylic acids is 1. The molecule has 1 aliphatic rings. The molecule has 2 heterocycles. The molecule has 0 bridgehead atoms. The highest BCUT2D eigenvalue weighted by molar-refractivity contribution is 6.17. The molecule has 1 aliphatic carbocycles. The van der Waals surface area contributed by atoms with Crippen molar-refractivity contribution in [1.82, 2.24) is 19.4 Å². The molecule has 0 unspecified atom stereocenters. The van der Waals surface area contributed by atoms with E-state index in [1.54, 1.807) is 0 Å². The molecule has 0 aliphatic heterocycles. The van der Waals surface area contributed by atoms with Crippen molar-refractivity contribution >= 4 is 27.7 Å². The average Bonchev–Trinajstić information content (AvgIpc) is 3.11. The smallest absolute Gasteiger partial charge is 0.275 e. The third kappa shape index (κ3) is 4.01. The minimum atomic E-state index is -0.0990. The molecule has 6 nitrogen and oxygen atoms in total. The molecule has 0 atom stereocenters. The number of nitrogens with one attached hydrogen (secondary N) is 1. The van der Waals surface area contributed by atoms with E-state index in [2.05, 4.69) is 24.1 Å². The zero-order valence-corrected chi connectivity index (χ0v) is 19.0. The van der Waals surface area contributed by atoms with Crippen LogP contribution in [0.1, 0.15) is 62.4 Å². The van der Waals surface area contributed by atoms with E-state index in [1.807, 2.05) is 46.6 Å². The molecule has 31 heavy (non-hydrogen) atoms. The van der Waals surface area contributed by atoms with Gasteiger partial charge in [0.15, 0.2) is 0 Å². The van der Waals surface area contributed by atoms with Gasteiger partial charge in [-0.3, -0.25) is 9.59 Å². The van der Waals surface area contributed by atoms with Gasteiger partial charge in [0.1, 0.15) is 5.52 Å². The van der Waals surface area contributed by atoms with Crippen molar-refractivity contribution in [2.24, 2.45) is 7.05 Å². The van der Waals surface area contributed by atoms with Crippen LogP contribution in [0.25, 0.3) is 21.8 Å². The Balaban J connectivity index is 1.82.